The van der Waals surface area contributed by atoms with E-state index in [0.717, 1.165) is 17.7 Å². The molecule has 2 rings (SSSR count). The molecule has 0 aliphatic heterocycles. The summed E-state index contributed by atoms with van der Waals surface area (Å²) in [7, 11) is 3.10. The lowest BCUT2D eigenvalue weighted by Crippen LogP contribution is -2.05. The van der Waals surface area contributed by atoms with E-state index >= 15 is 0 Å². The summed E-state index contributed by atoms with van der Waals surface area (Å²) in [6, 6.07) is 3.57. The summed E-state index contributed by atoms with van der Waals surface area (Å²) in [5, 5.41) is 0.405. The molecule has 0 atom stereocenters. The Kier molecular flexibility index (Phi) is 4.53. The number of anilines is 1. The minimum atomic E-state index is 0.405. The van der Waals surface area contributed by atoms with Crippen molar-refractivity contribution in [3.05, 3.63) is 28.4 Å². The minimum Gasteiger partial charge on any atom is -0.493 e. The maximum absolute atomic E-state index is 6.39. The van der Waals surface area contributed by atoms with Crippen LogP contribution in [0, 0.1) is 6.92 Å². The maximum atomic E-state index is 6.39. The van der Waals surface area contributed by atoms with Gasteiger partial charge in [0.2, 0.25) is 0 Å². The van der Waals surface area contributed by atoms with Crippen LogP contribution in [-0.4, -0.2) is 24.2 Å². The Morgan fingerprint density at radius 3 is 2.48 bits per heavy atom. The van der Waals surface area contributed by atoms with Crippen molar-refractivity contribution in [2.24, 2.45) is 0 Å². The molecule has 0 amide bonds. The van der Waals surface area contributed by atoms with Crippen LogP contribution < -0.4 is 15.2 Å². The predicted molar refractivity (Wildman–Crippen MR) is 84.1 cm³/mol. The number of benzene rings is 1. The van der Waals surface area contributed by atoms with E-state index in [9.17, 15) is 0 Å². The number of nitrogen functional groups attached to an aromatic ring is 1. The van der Waals surface area contributed by atoms with Crippen molar-refractivity contribution in [1.29, 1.82) is 0 Å². The number of nitrogens with two attached hydrogens (primary N) is 1. The number of hydrogen-bond acceptors (Lipinski definition) is 5. The molecule has 0 saturated carbocycles. The Bertz CT molecular complexity index is 674. The zero-order valence-corrected chi connectivity index (χ0v) is 13.3. The first-order chi connectivity index (χ1) is 10.0. The van der Waals surface area contributed by atoms with Gasteiger partial charge in [0.05, 0.1) is 19.2 Å². The van der Waals surface area contributed by atoms with Crippen LogP contribution in [-0.2, 0) is 6.42 Å². The van der Waals surface area contributed by atoms with Crippen LogP contribution in [0.1, 0.15) is 18.2 Å². The molecule has 21 heavy (non-hydrogen) atoms. The largest absolute Gasteiger partial charge is 0.493 e. The van der Waals surface area contributed by atoms with Crippen LogP contribution >= 0.6 is 11.6 Å². The van der Waals surface area contributed by atoms with Gasteiger partial charge in [-0.25, -0.2) is 9.97 Å². The monoisotopic (exact) mass is 307 g/mol. The molecule has 0 unspecified atom stereocenters. The second-order valence-corrected chi connectivity index (χ2v) is 4.90. The Morgan fingerprint density at radius 2 is 1.90 bits per heavy atom. The molecule has 2 N–H and O–H groups in total. The van der Waals surface area contributed by atoms with Crippen molar-refractivity contribution >= 4 is 17.4 Å². The standard InChI is InChI=1S/C15H18ClN3O2/c1-5-10-8(2)14(17)19-15(18-10)9-6-7-11(20-3)13(21-4)12(9)16/h6-7H,5H2,1-4H3,(H2,17,18,19). The minimum absolute atomic E-state index is 0.405. The second-order valence-electron chi connectivity index (χ2n) is 4.52. The van der Waals surface area contributed by atoms with Crippen molar-refractivity contribution in [2.45, 2.75) is 20.3 Å². The molecule has 2 aromatic rings. The molecule has 1 heterocycles. The van der Waals surface area contributed by atoms with E-state index in [2.05, 4.69) is 9.97 Å². The smallest absolute Gasteiger partial charge is 0.180 e. The predicted octanol–water partition coefficient (Wildman–Crippen LogP) is 3.27. The summed E-state index contributed by atoms with van der Waals surface area (Å²) < 4.78 is 10.5. The summed E-state index contributed by atoms with van der Waals surface area (Å²) in [5.41, 5.74) is 8.43. The van der Waals surface area contributed by atoms with Crippen LogP contribution in [0.5, 0.6) is 11.5 Å². The van der Waals surface area contributed by atoms with Gasteiger partial charge in [-0.3, -0.25) is 0 Å². The summed E-state index contributed by atoms with van der Waals surface area (Å²) in [6.07, 6.45) is 0.774. The van der Waals surface area contributed by atoms with Crippen LogP contribution in [0.3, 0.4) is 0 Å². The van der Waals surface area contributed by atoms with E-state index < -0.39 is 0 Å². The number of nitrogens with zero attached hydrogens (tertiary/aromatic N) is 2. The van der Waals surface area contributed by atoms with Crippen molar-refractivity contribution in [1.82, 2.24) is 9.97 Å². The third-order valence-electron chi connectivity index (χ3n) is 3.35. The van der Waals surface area contributed by atoms with Gasteiger partial charge in [-0.2, -0.15) is 0 Å². The van der Waals surface area contributed by atoms with E-state index in [4.69, 9.17) is 26.8 Å². The first kappa shape index (κ1) is 15.4. The lowest BCUT2D eigenvalue weighted by atomic mass is 10.1. The zero-order valence-electron chi connectivity index (χ0n) is 12.5. The molecule has 0 spiro atoms. The Labute approximate surface area is 129 Å². The van der Waals surface area contributed by atoms with Gasteiger partial charge >= 0.3 is 0 Å². The number of hydrogen-bond donors (Lipinski definition) is 1. The van der Waals surface area contributed by atoms with Crippen molar-refractivity contribution < 1.29 is 9.47 Å². The molecule has 0 radical (unpaired) electrons. The summed E-state index contributed by atoms with van der Waals surface area (Å²) in [4.78, 5) is 8.87. The Morgan fingerprint density at radius 1 is 1.19 bits per heavy atom. The molecular weight excluding hydrogens is 290 g/mol. The number of methoxy groups -OCH3 is 2. The molecule has 0 fully saturated rings. The first-order valence-electron chi connectivity index (χ1n) is 6.57. The number of rotatable bonds is 4. The van der Waals surface area contributed by atoms with Gasteiger partial charge in [-0.05, 0) is 25.5 Å². The molecular formula is C15H18ClN3O2. The van der Waals surface area contributed by atoms with Gasteiger partial charge in [0.25, 0.3) is 0 Å². The van der Waals surface area contributed by atoms with E-state index in [1.54, 1.807) is 19.2 Å². The van der Waals surface area contributed by atoms with Crippen molar-refractivity contribution in [2.75, 3.05) is 20.0 Å². The van der Waals surface area contributed by atoms with Crippen LogP contribution in [0.15, 0.2) is 12.1 Å². The van der Waals surface area contributed by atoms with E-state index in [1.165, 1.54) is 7.11 Å². The third kappa shape index (κ3) is 2.74. The average Bonchev–Trinajstić information content (AvgIpc) is 2.49. The molecule has 112 valence electrons. The quantitative estimate of drug-likeness (QED) is 0.938. The highest BCUT2D eigenvalue weighted by atomic mass is 35.5. The molecule has 1 aromatic carbocycles. The highest BCUT2D eigenvalue weighted by molar-refractivity contribution is 6.35. The highest BCUT2D eigenvalue weighted by Crippen LogP contribution is 2.41. The van der Waals surface area contributed by atoms with E-state index in [0.29, 0.717) is 33.7 Å². The third-order valence-corrected chi connectivity index (χ3v) is 3.72. The summed E-state index contributed by atoms with van der Waals surface area (Å²) in [5.74, 6) is 1.96. The van der Waals surface area contributed by atoms with Crippen molar-refractivity contribution in [3.63, 3.8) is 0 Å². The molecule has 0 aliphatic carbocycles. The summed E-state index contributed by atoms with van der Waals surface area (Å²) in [6.45, 7) is 3.93. The lowest BCUT2D eigenvalue weighted by molar-refractivity contribution is 0.355. The van der Waals surface area contributed by atoms with Crippen molar-refractivity contribution in [3.8, 4) is 22.9 Å². The van der Waals surface area contributed by atoms with Gasteiger partial charge in [0.15, 0.2) is 17.3 Å². The topological polar surface area (TPSA) is 70.3 Å². The van der Waals surface area contributed by atoms with Gasteiger partial charge < -0.3 is 15.2 Å². The van der Waals surface area contributed by atoms with E-state index in [-0.39, 0.29) is 0 Å². The fourth-order valence-electron chi connectivity index (χ4n) is 2.11. The number of halogens is 1. The lowest BCUT2D eigenvalue weighted by Gasteiger charge is -2.13. The number of ether oxygens (including phenoxy) is 2. The van der Waals surface area contributed by atoms with Crippen LogP contribution in [0.2, 0.25) is 5.02 Å². The summed E-state index contributed by atoms with van der Waals surface area (Å²) >= 11 is 6.39. The maximum Gasteiger partial charge on any atom is 0.180 e. The fourth-order valence-corrected chi connectivity index (χ4v) is 2.43. The molecule has 1 aromatic heterocycles. The molecule has 0 saturated heterocycles. The Hall–Kier alpha value is -2.01. The first-order valence-corrected chi connectivity index (χ1v) is 6.95. The molecule has 0 bridgehead atoms. The number of aromatic nitrogens is 2. The van der Waals surface area contributed by atoms with E-state index in [1.807, 2.05) is 13.8 Å². The average molecular weight is 308 g/mol. The normalized spacial score (nSPS) is 10.5. The van der Waals surface area contributed by atoms with Gasteiger partial charge in [0, 0.05) is 16.8 Å². The molecule has 5 nitrogen and oxygen atoms in total. The Balaban J connectivity index is 2.65. The van der Waals surface area contributed by atoms with Crippen LogP contribution in [0.4, 0.5) is 5.82 Å². The highest BCUT2D eigenvalue weighted by Gasteiger charge is 2.17. The fraction of sp³-hybridized carbons (Fsp3) is 0.333. The van der Waals surface area contributed by atoms with Crippen LogP contribution in [0.25, 0.3) is 11.4 Å². The van der Waals surface area contributed by atoms with Gasteiger partial charge in [0.1, 0.15) is 5.82 Å². The second kappa shape index (κ2) is 6.18. The molecule has 6 heteroatoms. The van der Waals surface area contributed by atoms with Gasteiger partial charge in [-0.1, -0.05) is 18.5 Å². The number of aryl methyl sites for hydroxylation is 1. The zero-order chi connectivity index (χ0) is 15.6. The SMILES string of the molecule is CCc1nc(-c2ccc(OC)c(OC)c2Cl)nc(N)c1C. The van der Waals surface area contributed by atoms with Gasteiger partial charge in [-0.15, -0.1) is 0 Å². The molecule has 0 aliphatic rings.